The third kappa shape index (κ3) is 8.60. The lowest BCUT2D eigenvalue weighted by atomic mass is 9.92. The monoisotopic (exact) mass is 548 g/mol. The zero-order valence-electron chi connectivity index (χ0n) is 24.8. The van der Waals surface area contributed by atoms with Gasteiger partial charge in [-0.1, -0.05) is 53.9 Å². The van der Waals surface area contributed by atoms with Gasteiger partial charge in [-0.15, -0.1) is 0 Å². The van der Waals surface area contributed by atoms with E-state index >= 15 is 0 Å². The number of ether oxygens (including phenoxy) is 2. The number of hydrogen-bond acceptors (Lipinski definition) is 5. The summed E-state index contributed by atoms with van der Waals surface area (Å²) < 4.78 is 12.7. The second-order valence-corrected chi connectivity index (χ2v) is 11.0. The van der Waals surface area contributed by atoms with Crippen molar-refractivity contribution in [3.63, 3.8) is 0 Å². The number of rotatable bonds is 14. The van der Waals surface area contributed by atoms with E-state index in [-0.39, 0.29) is 23.8 Å². The average Bonchev–Trinajstić information content (AvgIpc) is 3.37. The van der Waals surface area contributed by atoms with Crippen LogP contribution >= 0.6 is 0 Å². The predicted molar refractivity (Wildman–Crippen MR) is 160 cm³/mol. The molecule has 0 saturated carbocycles. The van der Waals surface area contributed by atoms with Gasteiger partial charge in [0.1, 0.15) is 23.9 Å². The SMILES string of the molecule is CCCCCN(CC(=O)Nc1cc(C(C)(C)C)nn1-c1ccc(OC)cc1)C(=O)c1ccc(OCCCC)cc1. The minimum Gasteiger partial charge on any atom is -0.497 e. The number of unbranched alkanes of at least 4 members (excludes halogenated alkanes) is 3. The van der Waals surface area contributed by atoms with Gasteiger partial charge in [0.25, 0.3) is 5.91 Å². The number of methoxy groups -OCH3 is 1. The third-order valence-corrected chi connectivity index (χ3v) is 6.58. The summed E-state index contributed by atoms with van der Waals surface area (Å²) in [4.78, 5) is 28.4. The van der Waals surface area contributed by atoms with E-state index in [1.807, 2.05) is 42.5 Å². The molecule has 0 unspecified atom stereocenters. The van der Waals surface area contributed by atoms with Crippen LogP contribution in [0, 0.1) is 0 Å². The van der Waals surface area contributed by atoms with Crippen molar-refractivity contribution in [1.82, 2.24) is 14.7 Å². The molecule has 0 aliphatic heterocycles. The van der Waals surface area contributed by atoms with Gasteiger partial charge in [-0.2, -0.15) is 5.10 Å². The lowest BCUT2D eigenvalue weighted by Gasteiger charge is -2.22. The average molecular weight is 549 g/mol. The Labute approximate surface area is 238 Å². The van der Waals surface area contributed by atoms with Crippen LogP contribution in [0.1, 0.15) is 82.8 Å². The van der Waals surface area contributed by atoms with Crippen molar-refractivity contribution >= 4 is 17.6 Å². The van der Waals surface area contributed by atoms with Crippen molar-refractivity contribution in [3.8, 4) is 17.2 Å². The summed E-state index contributed by atoms with van der Waals surface area (Å²) in [6, 6.07) is 16.5. The Kier molecular flexibility index (Phi) is 11.2. The summed E-state index contributed by atoms with van der Waals surface area (Å²) in [7, 11) is 1.62. The number of anilines is 1. The molecule has 216 valence electrons. The highest BCUT2D eigenvalue weighted by atomic mass is 16.5. The summed E-state index contributed by atoms with van der Waals surface area (Å²) in [5.41, 5.74) is 1.95. The maximum Gasteiger partial charge on any atom is 0.254 e. The highest BCUT2D eigenvalue weighted by Gasteiger charge is 2.23. The van der Waals surface area contributed by atoms with E-state index in [2.05, 4.69) is 39.9 Å². The predicted octanol–water partition coefficient (Wildman–Crippen LogP) is 6.63. The van der Waals surface area contributed by atoms with Crippen molar-refractivity contribution in [1.29, 1.82) is 0 Å². The summed E-state index contributed by atoms with van der Waals surface area (Å²) in [5, 5.41) is 7.80. The molecule has 0 atom stereocenters. The second-order valence-electron chi connectivity index (χ2n) is 11.0. The zero-order valence-corrected chi connectivity index (χ0v) is 24.8. The van der Waals surface area contributed by atoms with E-state index in [1.165, 1.54) is 0 Å². The fourth-order valence-electron chi connectivity index (χ4n) is 4.13. The summed E-state index contributed by atoms with van der Waals surface area (Å²) in [6.45, 7) is 11.6. The molecular weight excluding hydrogens is 504 g/mol. The first kappa shape index (κ1) is 30.7. The van der Waals surface area contributed by atoms with Crippen LogP contribution in [0.5, 0.6) is 11.5 Å². The largest absolute Gasteiger partial charge is 0.497 e. The lowest BCUT2D eigenvalue weighted by molar-refractivity contribution is -0.117. The first-order valence-corrected chi connectivity index (χ1v) is 14.2. The molecule has 0 fully saturated rings. The topological polar surface area (TPSA) is 85.7 Å². The van der Waals surface area contributed by atoms with Crippen LogP contribution in [-0.2, 0) is 10.2 Å². The normalized spacial score (nSPS) is 11.2. The first-order valence-electron chi connectivity index (χ1n) is 14.2. The number of aromatic nitrogens is 2. The van der Waals surface area contributed by atoms with Crippen molar-refractivity contribution in [2.24, 2.45) is 0 Å². The number of hydrogen-bond donors (Lipinski definition) is 1. The fourth-order valence-corrected chi connectivity index (χ4v) is 4.13. The molecule has 0 spiro atoms. The molecule has 0 bridgehead atoms. The van der Waals surface area contributed by atoms with E-state index in [1.54, 1.807) is 28.8 Å². The Balaban J connectivity index is 1.79. The summed E-state index contributed by atoms with van der Waals surface area (Å²) >= 11 is 0. The smallest absolute Gasteiger partial charge is 0.254 e. The van der Waals surface area contributed by atoms with Crippen molar-refractivity contribution < 1.29 is 19.1 Å². The van der Waals surface area contributed by atoms with Crippen LogP contribution < -0.4 is 14.8 Å². The van der Waals surface area contributed by atoms with Gasteiger partial charge in [0.15, 0.2) is 0 Å². The van der Waals surface area contributed by atoms with E-state index in [0.717, 1.165) is 55.0 Å². The van der Waals surface area contributed by atoms with Gasteiger partial charge in [-0.05, 0) is 61.4 Å². The van der Waals surface area contributed by atoms with Crippen LogP contribution in [-0.4, -0.2) is 53.3 Å². The molecule has 0 radical (unpaired) electrons. The highest BCUT2D eigenvalue weighted by molar-refractivity contribution is 5.99. The van der Waals surface area contributed by atoms with Gasteiger partial charge in [-0.3, -0.25) is 9.59 Å². The molecule has 0 aliphatic rings. The van der Waals surface area contributed by atoms with Gasteiger partial charge in [0, 0.05) is 23.6 Å². The van der Waals surface area contributed by atoms with Gasteiger partial charge < -0.3 is 19.7 Å². The standard InChI is InChI=1S/C32H44N4O4/c1-7-9-11-20-35(31(38)24-12-16-27(17-13-24)40-21-10-8-2)23-30(37)33-29-22-28(32(3,4)5)34-36(29)25-14-18-26(39-6)19-15-25/h12-19,22H,7-11,20-21,23H2,1-6H3,(H,33,37). The quantitative estimate of drug-likeness (QED) is 0.229. The van der Waals surface area contributed by atoms with Crippen LogP contribution in [0.4, 0.5) is 5.82 Å². The number of carbonyl (C=O) groups is 2. The molecule has 1 N–H and O–H groups in total. The molecule has 2 amide bonds. The Morgan fingerprint density at radius 3 is 2.17 bits per heavy atom. The van der Waals surface area contributed by atoms with Gasteiger partial charge in [-0.25, -0.2) is 4.68 Å². The molecule has 3 aromatic rings. The van der Waals surface area contributed by atoms with Crippen molar-refractivity contribution in [2.45, 2.75) is 72.1 Å². The molecule has 8 nitrogen and oxygen atoms in total. The molecular formula is C32H44N4O4. The first-order chi connectivity index (χ1) is 19.2. The third-order valence-electron chi connectivity index (χ3n) is 6.58. The summed E-state index contributed by atoms with van der Waals surface area (Å²) in [6.07, 6.45) is 4.87. The molecule has 0 saturated heterocycles. The van der Waals surface area contributed by atoms with E-state index in [0.29, 0.717) is 24.5 Å². The molecule has 3 rings (SSSR count). The second kappa shape index (κ2) is 14.5. The van der Waals surface area contributed by atoms with Gasteiger partial charge >= 0.3 is 0 Å². The molecule has 1 heterocycles. The number of benzene rings is 2. The molecule has 1 aromatic heterocycles. The maximum absolute atomic E-state index is 13.5. The number of carbonyl (C=O) groups excluding carboxylic acids is 2. The minimum absolute atomic E-state index is 0.0596. The van der Waals surface area contributed by atoms with Crippen LogP contribution in [0.15, 0.2) is 54.6 Å². The van der Waals surface area contributed by atoms with E-state index in [9.17, 15) is 9.59 Å². The Bertz CT molecular complexity index is 1230. The number of nitrogens with one attached hydrogen (secondary N) is 1. The van der Waals surface area contributed by atoms with Crippen LogP contribution in [0.2, 0.25) is 0 Å². The van der Waals surface area contributed by atoms with Crippen LogP contribution in [0.25, 0.3) is 5.69 Å². The Hall–Kier alpha value is -3.81. The number of nitrogens with zero attached hydrogens (tertiary/aromatic N) is 3. The Morgan fingerprint density at radius 2 is 1.57 bits per heavy atom. The summed E-state index contributed by atoms with van der Waals surface area (Å²) in [5.74, 6) is 1.57. The van der Waals surface area contributed by atoms with Crippen molar-refractivity contribution in [3.05, 3.63) is 65.9 Å². The van der Waals surface area contributed by atoms with Gasteiger partial charge in [0.2, 0.25) is 5.91 Å². The zero-order chi connectivity index (χ0) is 29.1. The van der Waals surface area contributed by atoms with Gasteiger partial charge in [0.05, 0.1) is 25.1 Å². The molecule has 0 aliphatic carbocycles. The van der Waals surface area contributed by atoms with Crippen LogP contribution in [0.3, 0.4) is 0 Å². The van der Waals surface area contributed by atoms with Crippen molar-refractivity contribution in [2.75, 3.05) is 32.1 Å². The fraction of sp³-hybridized carbons (Fsp3) is 0.469. The Morgan fingerprint density at radius 1 is 0.925 bits per heavy atom. The van der Waals surface area contributed by atoms with E-state index < -0.39 is 0 Å². The molecule has 2 aromatic carbocycles. The maximum atomic E-state index is 13.5. The lowest BCUT2D eigenvalue weighted by Crippen LogP contribution is -2.39. The molecule has 40 heavy (non-hydrogen) atoms. The minimum atomic E-state index is -0.278. The number of amides is 2. The van der Waals surface area contributed by atoms with E-state index in [4.69, 9.17) is 14.6 Å². The molecule has 8 heteroatoms. The highest BCUT2D eigenvalue weighted by Crippen LogP contribution is 2.27.